The smallest absolute Gasteiger partial charge is 0.238 e. The Labute approximate surface area is 127 Å². The average molecular weight is 287 g/mol. The summed E-state index contributed by atoms with van der Waals surface area (Å²) in [5, 5.41) is 3.38. The van der Waals surface area contributed by atoms with Crippen LogP contribution in [0.2, 0.25) is 0 Å². The molecule has 4 nitrogen and oxygen atoms in total. The monoisotopic (exact) mass is 287 g/mol. The average Bonchev–Trinajstić information content (AvgIpc) is 2.90. The number of carbonyl (C=O) groups excluding carboxylic acids is 1. The molecule has 1 aromatic carbocycles. The van der Waals surface area contributed by atoms with Gasteiger partial charge in [0.15, 0.2) is 0 Å². The molecule has 1 aromatic rings. The van der Waals surface area contributed by atoms with Crippen LogP contribution in [-0.2, 0) is 11.2 Å². The van der Waals surface area contributed by atoms with E-state index in [1.54, 1.807) is 0 Å². The van der Waals surface area contributed by atoms with Crippen LogP contribution in [0.5, 0.6) is 0 Å². The van der Waals surface area contributed by atoms with Gasteiger partial charge in [-0.25, -0.2) is 0 Å². The van der Waals surface area contributed by atoms with Crippen molar-refractivity contribution in [1.82, 2.24) is 15.1 Å². The summed E-state index contributed by atoms with van der Waals surface area (Å²) < 4.78 is 0. The van der Waals surface area contributed by atoms with Gasteiger partial charge in [0.25, 0.3) is 0 Å². The molecule has 2 aliphatic rings. The Morgan fingerprint density at radius 2 is 1.86 bits per heavy atom. The molecule has 0 bridgehead atoms. The second-order valence-electron chi connectivity index (χ2n) is 6.21. The summed E-state index contributed by atoms with van der Waals surface area (Å²) in [4.78, 5) is 16.7. The zero-order chi connectivity index (χ0) is 14.8. The van der Waals surface area contributed by atoms with Crippen LogP contribution in [0.25, 0.3) is 0 Å². The predicted octanol–water partition coefficient (Wildman–Crippen LogP) is 1.77. The highest BCUT2D eigenvalue weighted by Crippen LogP contribution is 2.29. The fourth-order valence-corrected chi connectivity index (χ4v) is 3.42. The quantitative estimate of drug-likeness (QED) is 0.920. The molecule has 2 fully saturated rings. The first-order valence-corrected chi connectivity index (χ1v) is 8.01. The van der Waals surface area contributed by atoms with Gasteiger partial charge in [-0.1, -0.05) is 31.2 Å². The standard InChI is InChI=1S/C17H25N3O/c1-3-13-4-6-14(7-5-13)17-18-12-16(21)20(17)15-8-10-19(2)11-9-15/h4-7,15,17-18H,3,8-12H2,1-2H3. The highest BCUT2D eigenvalue weighted by Gasteiger charge is 2.37. The van der Waals surface area contributed by atoms with Gasteiger partial charge < -0.3 is 9.80 Å². The molecule has 0 spiro atoms. The van der Waals surface area contributed by atoms with E-state index >= 15 is 0 Å². The van der Waals surface area contributed by atoms with Crippen molar-refractivity contribution < 1.29 is 4.79 Å². The second-order valence-corrected chi connectivity index (χ2v) is 6.21. The maximum atomic E-state index is 12.3. The van der Waals surface area contributed by atoms with Crippen molar-refractivity contribution in [3.63, 3.8) is 0 Å². The Morgan fingerprint density at radius 1 is 1.19 bits per heavy atom. The summed E-state index contributed by atoms with van der Waals surface area (Å²) in [7, 11) is 2.15. The molecule has 114 valence electrons. The number of nitrogens with zero attached hydrogens (tertiary/aromatic N) is 2. The van der Waals surface area contributed by atoms with Crippen LogP contribution in [0.3, 0.4) is 0 Å². The van der Waals surface area contributed by atoms with E-state index in [2.05, 4.69) is 53.4 Å². The number of amides is 1. The van der Waals surface area contributed by atoms with E-state index in [4.69, 9.17) is 0 Å². The van der Waals surface area contributed by atoms with Crippen molar-refractivity contribution in [3.8, 4) is 0 Å². The van der Waals surface area contributed by atoms with Gasteiger partial charge in [-0.2, -0.15) is 0 Å². The first-order valence-electron chi connectivity index (χ1n) is 8.01. The molecule has 2 saturated heterocycles. The number of hydrogen-bond donors (Lipinski definition) is 1. The van der Waals surface area contributed by atoms with E-state index in [0.717, 1.165) is 32.4 Å². The van der Waals surface area contributed by atoms with Gasteiger partial charge in [0, 0.05) is 6.04 Å². The number of hydrogen-bond acceptors (Lipinski definition) is 3. The van der Waals surface area contributed by atoms with Gasteiger partial charge in [0.1, 0.15) is 6.17 Å². The Morgan fingerprint density at radius 3 is 2.48 bits per heavy atom. The molecule has 0 aliphatic carbocycles. The molecule has 2 heterocycles. The Balaban J connectivity index is 1.78. The van der Waals surface area contributed by atoms with Crippen LogP contribution in [0.1, 0.15) is 37.1 Å². The number of aryl methyl sites for hydroxylation is 1. The molecule has 2 aliphatic heterocycles. The molecule has 1 N–H and O–H groups in total. The zero-order valence-electron chi connectivity index (χ0n) is 13.0. The Bertz CT molecular complexity index is 491. The predicted molar refractivity (Wildman–Crippen MR) is 83.9 cm³/mol. The van der Waals surface area contributed by atoms with E-state index < -0.39 is 0 Å². The van der Waals surface area contributed by atoms with Crippen molar-refractivity contribution in [2.45, 2.75) is 38.4 Å². The lowest BCUT2D eigenvalue weighted by Gasteiger charge is -2.38. The SMILES string of the molecule is CCc1ccc(C2NCC(=O)N2C2CCN(C)CC2)cc1. The van der Waals surface area contributed by atoms with Crippen molar-refractivity contribution in [2.24, 2.45) is 0 Å². The largest absolute Gasteiger partial charge is 0.319 e. The van der Waals surface area contributed by atoms with Gasteiger partial charge in [0.05, 0.1) is 6.54 Å². The van der Waals surface area contributed by atoms with Crippen LogP contribution in [-0.4, -0.2) is 48.4 Å². The molecule has 1 atom stereocenters. The first-order chi connectivity index (χ1) is 10.2. The summed E-state index contributed by atoms with van der Waals surface area (Å²) in [5.41, 5.74) is 2.55. The third-order valence-corrected chi connectivity index (χ3v) is 4.80. The molecule has 1 unspecified atom stereocenters. The Hall–Kier alpha value is -1.39. The minimum absolute atomic E-state index is 0.0526. The molecule has 0 radical (unpaired) electrons. The van der Waals surface area contributed by atoms with Crippen molar-refractivity contribution in [3.05, 3.63) is 35.4 Å². The fraction of sp³-hybridized carbons (Fsp3) is 0.588. The topological polar surface area (TPSA) is 35.6 Å². The number of likely N-dealkylation sites (tertiary alicyclic amines) is 1. The Kier molecular flexibility index (Phi) is 4.27. The summed E-state index contributed by atoms with van der Waals surface area (Å²) in [5.74, 6) is 0.245. The number of piperidine rings is 1. The summed E-state index contributed by atoms with van der Waals surface area (Å²) in [6, 6.07) is 9.05. The van der Waals surface area contributed by atoms with Gasteiger partial charge in [-0.05, 0) is 50.5 Å². The van der Waals surface area contributed by atoms with E-state index in [0.29, 0.717) is 12.6 Å². The first kappa shape index (κ1) is 14.5. The van der Waals surface area contributed by atoms with Gasteiger partial charge in [-0.3, -0.25) is 10.1 Å². The lowest BCUT2D eigenvalue weighted by Crippen LogP contribution is -2.46. The van der Waals surface area contributed by atoms with Crippen molar-refractivity contribution in [1.29, 1.82) is 0 Å². The molecule has 21 heavy (non-hydrogen) atoms. The van der Waals surface area contributed by atoms with Crippen LogP contribution in [0, 0.1) is 0 Å². The molecule has 1 amide bonds. The maximum Gasteiger partial charge on any atom is 0.238 e. The van der Waals surface area contributed by atoms with Crippen LogP contribution >= 0.6 is 0 Å². The van der Waals surface area contributed by atoms with Crippen molar-refractivity contribution >= 4 is 5.91 Å². The summed E-state index contributed by atoms with van der Waals surface area (Å²) in [6.07, 6.45) is 3.26. The number of carbonyl (C=O) groups is 1. The number of nitrogens with one attached hydrogen (secondary N) is 1. The number of benzene rings is 1. The molecule has 0 aromatic heterocycles. The van der Waals surface area contributed by atoms with E-state index in [1.165, 1.54) is 11.1 Å². The van der Waals surface area contributed by atoms with Crippen LogP contribution in [0.4, 0.5) is 0 Å². The van der Waals surface area contributed by atoms with Gasteiger partial charge >= 0.3 is 0 Å². The number of rotatable bonds is 3. The van der Waals surface area contributed by atoms with Gasteiger partial charge in [0.2, 0.25) is 5.91 Å². The van der Waals surface area contributed by atoms with Crippen LogP contribution in [0.15, 0.2) is 24.3 Å². The molecular weight excluding hydrogens is 262 g/mol. The highest BCUT2D eigenvalue weighted by molar-refractivity contribution is 5.81. The normalized spacial score (nSPS) is 24.8. The molecule has 3 rings (SSSR count). The van der Waals surface area contributed by atoms with Crippen LogP contribution < -0.4 is 5.32 Å². The zero-order valence-corrected chi connectivity index (χ0v) is 13.0. The second kappa shape index (κ2) is 6.16. The molecule has 0 saturated carbocycles. The molecular formula is C17H25N3O. The van der Waals surface area contributed by atoms with Gasteiger partial charge in [-0.15, -0.1) is 0 Å². The maximum absolute atomic E-state index is 12.3. The summed E-state index contributed by atoms with van der Waals surface area (Å²) in [6.45, 7) is 4.79. The lowest BCUT2D eigenvalue weighted by molar-refractivity contribution is -0.131. The van der Waals surface area contributed by atoms with E-state index in [1.807, 2.05) is 0 Å². The highest BCUT2D eigenvalue weighted by atomic mass is 16.2. The lowest BCUT2D eigenvalue weighted by atomic mass is 10.0. The van der Waals surface area contributed by atoms with E-state index in [-0.39, 0.29) is 12.1 Å². The minimum atomic E-state index is 0.0526. The van der Waals surface area contributed by atoms with Crippen molar-refractivity contribution in [2.75, 3.05) is 26.7 Å². The third kappa shape index (κ3) is 2.97. The minimum Gasteiger partial charge on any atom is -0.319 e. The fourth-order valence-electron chi connectivity index (χ4n) is 3.42. The summed E-state index contributed by atoms with van der Waals surface area (Å²) >= 11 is 0. The molecule has 4 heteroatoms. The van der Waals surface area contributed by atoms with E-state index in [9.17, 15) is 4.79 Å². The third-order valence-electron chi connectivity index (χ3n) is 4.80.